The molecule has 3 N–H and O–H groups in total. The van der Waals surface area contributed by atoms with Crippen LogP contribution in [0.5, 0.6) is 5.75 Å². The molecular formula is C12H17BrFN3O. The largest absolute Gasteiger partial charge is 0.492 e. The molecule has 1 aromatic carbocycles. The quantitative estimate of drug-likeness (QED) is 0.480. The number of ether oxygens (including phenoxy) is 1. The Hall–Kier alpha value is -1.30. The van der Waals surface area contributed by atoms with Crippen LogP contribution in [0.4, 0.5) is 4.39 Å². The van der Waals surface area contributed by atoms with E-state index < -0.39 is 0 Å². The number of hydrogen-bond acceptors (Lipinski definition) is 2. The maximum atomic E-state index is 11.9. The number of aliphatic imine (C=N–C) groups is 1. The number of nitrogens with one attached hydrogen (secondary N) is 1. The van der Waals surface area contributed by atoms with Crippen LogP contribution in [-0.4, -0.2) is 26.3 Å². The summed E-state index contributed by atoms with van der Waals surface area (Å²) in [6.45, 7) is 0.601. The highest BCUT2D eigenvalue weighted by Crippen LogP contribution is 2.26. The molecule has 0 radical (unpaired) electrons. The second-order valence-electron chi connectivity index (χ2n) is 3.62. The molecular weight excluding hydrogens is 301 g/mol. The van der Waals surface area contributed by atoms with E-state index in [1.807, 2.05) is 18.2 Å². The lowest BCUT2D eigenvalue weighted by molar-refractivity contribution is 0.288. The summed E-state index contributed by atoms with van der Waals surface area (Å²) in [6, 6.07) is 5.70. The van der Waals surface area contributed by atoms with E-state index in [4.69, 9.17) is 10.5 Å². The lowest BCUT2D eigenvalue weighted by atomic mass is 10.2. The highest BCUT2D eigenvalue weighted by molar-refractivity contribution is 9.10. The molecule has 0 spiro atoms. The third kappa shape index (κ3) is 4.91. The zero-order valence-corrected chi connectivity index (χ0v) is 11.8. The second kappa shape index (κ2) is 7.92. The Morgan fingerprint density at radius 1 is 1.56 bits per heavy atom. The van der Waals surface area contributed by atoms with E-state index in [9.17, 15) is 4.39 Å². The molecule has 6 heteroatoms. The summed E-state index contributed by atoms with van der Waals surface area (Å²) in [6.07, 6.45) is 0.402. The number of benzene rings is 1. The highest BCUT2D eigenvalue weighted by Gasteiger charge is 2.03. The molecule has 4 nitrogen and oxygen atoms in total. The number of halogens is 2. The molecule has 1 rings (SSSR count). The van der Waals surface area contributed by atoms with Gasteiger partial charge in [0.1, 0.15) is 5.75 Å². The maximum absolute atomic E-state index is 11.9. The van der Waals surface area contributed by atoms with Crippen LogP contribution in [0.1, 0.15) is 12.0 Å². The van der Waals surface area contributed by atoms with Gasteiger partial charge in [0.05, 0.1) is 17.8 Å². The lowest BCUT2D eigenvalue weighted by Gasteiger charge is -2.10. The standard InChI is InChI=1S/C12H17BrFN3O/c1-16-12(15)17-8-9-3-4-11(10(13)7-9)18-6-2-5-14/h3-4,7H,2,5-6,8H2,1H3,(H3,15,16,17). The Bertz CT molecular complexity index is 412. The first-order valence-electron chi connectivity index (χ1n) is 5.60. The van der Waals surface area contributed by atoms with Gasteiger partial charge in [0.25, 0.3) is 0 Å². The minimum absolute atomic E-state index is 0.366. The van der Waals surface area contributed by atoms with Crippen LogP contribution in [0, 0.1) is 0 Å². The zero-order chi connectivity index (χ0) is 13.4. The van der Waals surface area contributed by atoms with Crippen molar-refractivity contribution in [3.05, 3.63) is 28.2 Å². The van der Waals surface area contributed by atoms with Crippen LogP contribution < -0.4 is 15.8 Å². The summed E-state index contributed by atoms with van der Waals surface area (Å²) >= 11 is 3.42. The van der Waals surface area contributed by atoms with Crippen LogP contribution in [-0.2, 0) is 6.54 Å². The molecule has 0 amide bonds. The number of nitrogens with two attached hydrogens (primary N) is 1. The Balaban J connectivity index is 2.56. The van der Waals surface area contributed by atoms with Gasteiger partial charge in [0.15, 0.2) is 5.96 Å². The van der Waals surface area contributed by atoms with Gasteiger partial charge >= 0.3 is 0 Å². The van der Waals surface area contributed by atoms with Crippen molar-refractivity contribution in [1.29, 1.82) is 0 Å². The van der Waals surface area contributed by atoms with Gasteiger partial charge in [-0.15, -0.1) is 0 Å². The lowest BCUT2D eigenvalue weighted by Crippen LogP contribution is -2.30. The molecule has 0 aliphatic heterocycles. The summed E-state index contributed by atoms with van der Waals surface area (Å²) in [5, 5.41) is 2.96. The zero-order valence-electron chi connectivity index (χ0n) is 10.2. The monoisotopic (exact) mass is 317 g/mol. The number of alkyl halides is 1. The van der Waals surface area contributed by atoms with Crippen LogP contribution in [0.25, 0.3) is 0 Å². The van der Waals surface area contributed by atoms with Gasteiger partial charge in [-0.05, 0) is 33.6 Å². The number of guanidine groups is 1. The minimum Gasteiger partial charge on any atom is -0.492 e. The fourth-order valence-corrected chi connectivity index (χ4v) is 1.82. The third-order valence-corrected chi connectivity index (χ3v) is 2.87. The van der Waals surface area contributed by atoms with Gasteiger partial charge in [0.2, 0.25) is 0 Å². The maximum Gasteiger partial charge on any atom is 0.188 e. The molecule has 0 fully saturated rings. The molecule has 100 valence electrons. The van der Waals surface area contributed by atoms with Crippen LogP contribution in [0.15, 0.2) is 27.7 Å². The molecule has 0 aliphatic rings. The van der Waals surface area contributed by atoms with Crippen molar-refractivity contribution >= 4 is 21.9 Å². The predicted octanol–water partition coefficient (Wildman–Crippen LogP) is 2.22. The highest BCUT2D eigenvalue weighted by atomic mass is 79.9. The molecule has 0 saturated heterocycles. The van der Waals surface area contributed by atoms with Gasteiger partial charge in [-0.25, -0.2) is 0 Å². The fraction of sp³-hybridized carbons (Fsp3) is 0.417. The predicted molar refractivity (Wildman–Crippen MR) is 74.6 cm³/mol. The van der Waals surface area contributed by atoms with E-state index in [0.717, 1.165) is 10.0 Å². The number of rotatable bonds is 6. The topological polar surface area (TPSA) is 59.6 Å². The van der Waals surface area contributed by atoms with E-state index in [2.05, 4.69) is 26.2 Å². The van der Waals surface area contributed by atoms with E-state index in [1.54, 1.807) is 7.05 Å². The Kier molecular flexibility index (Phi) is 6.49. The van der Waals surface area contributed by atoms with Gasteiger partial charge in [-0.1, -0.05) is 6.07 Å². The van der Waals surface area contributed by atoms with Crippen molar-refractivity contribution < 1.29 is 9.13 Å². The fourth-order valence-electron chi connectivity index (χ4n) is 1.28. The normalized spacial score (nSPS) is 11.4. The first-order valence-corrected chi connectivity index (χ1v) is 6.40. The van der Waals surface area contributed by atoms with Crippen molar-refractivity contribution in [3.63, 3.8) is 0 Å². The van der Waals surface area contributed by atoms with Gasteiger partial charge < -0.3 is 15.8 Å². The molecule has 0 atom stereocenters. The minimum atomic E-state index is -0.366. The molecule has 1 aromatic rings. The molecule has 0 bridgehead atoms. The molecule has 0 aromatic heterocycles. The average Bonchev–Trinajstić information content (AvgIpc) is 2.38. The Labute approximate surface area is 115 Å². The van der Waals surface area contributed by atoms with Crippen LogP contribution in [0.2, 0.25) is 0 Å². The SMILES string of the molecule is CN=C(N)NCc1ccc(OCCCF)c(Br)c1. The first kappa shape index (κ1) is 14.8. The van der Waals surface area contributed by atoms with E-state index >= 15 is 0 Å². The number of hydrogen-bond donors (Lipinski definition) is 2. The van der Waals surface area contributed by atoms with Crippen molar-refractivity contribution in [2.24, 2.45) is 10.7 Å². The van der Waals surface area contributed by atoms with Gasteiger partial charge in [-0.2, -0.15) is 0 Å². The summed E-state index contributed by atoms with van der Waals surface area (Å²) in [7, 11) is 1.63. The molecule has 0 unspecified atom stereocenters. The van der Waals surface area contributed by atoms with Gasteiger partial charge in [0, 0.05) is 20.0 Å². The van der Waals surface area contributed by atoms with Crippen molar-refractivity contribution in [1.82, 2.24) is 5.32 Å². The Morgan fingerprint density at radius 2 is 2.33 bits per heavy atom. The van der Waals surface area contributed by atoms with Crippen LogP contribution >= 0.6 is 15.9 Å². The van der Waals surface area contributed by atoms with E-state index in [-0.39, 0.29) is 6.67 Å². The van der Waals surface area contributed by atoms with Crippen molar-refractivity contribution in [2.45, 2.75) is 13.0 Å². The molecule has 0 saturated carbocycles. The smallest absolute Gasteiger partial charge is 0.188 e. The summed E-state index contributed by atoms with van der Waals surface area (Å²) in [5.41, 5.74) is 6.58. The van der Waals surface area contributed by atoms with E-state index in [1.165, 1.54) is 0 Å². The Morgan fingerprint density at radius 3 is 2.94 bits per heavy atom. The summed E-state index contributed by atoms with van der Waals surface area (Å²) in [5.74, 6) is 1.11. The third-order valence-electron chi connectivity index (χ3n) is 2.25. The van der Waals surface area contributed by atoms with Gasteiger partial charge in [-0.3, -0.25) is 9.38 Å². The molecule has 18 heavy (non-hydrogen) atoms. The molecule has 0 aliphatic carbocycles. The van der Waals surface area contributed by atoms with Crippen molar-refractivity contribution in [2.75, 3.05) is 20.3 Å². The van der Waals surface area contributed by atoms with Crippen molar-refractivity contribution in [3.8, 4) is 5.75 Å². The second-order valence-corrected chi connectivity index (χ2v) is 4.47. The average molecular weight is 318 g/mol. The van der Waals surface area contributed by atoms with E-state index in [0.29, 0.717) is 31.3 Å². The molecule has 0 heterocycles. The summed E-state index contributed by atoms with van der Waals surface area (Å²) < 4.78 is 18.2. The number of nitrogens with zero attached hydrogens (tertiary/aromatic N) is 1. The summed E-state index contributed by atoms with van der Waals surface area (Å²) in [4.78, 5) is 3.80. The first-order chi connectivity index (χ1) is 8.67. The van der Waals surface area contributed by atoms with Crippen LogP contribution in [0.3, 0.4) is 0 Å².